The Morgan fingerprint density at radius 3 is 2.55 bits per heavy atom. The maximum absolute atomic E-state index is 8.93. The lowest BCUT2D eigenvalue weighted by molar-refractivity contribution is 0.318. The molecule has 0 aromatic heterocycles. The van der Waals surface area contributed by atoms with E-state index in [4.69, 9.17) is 22.5 Å². The number of rotatable bonds is 3. The number of hydrogen-bond donors (Lipinski definition) is 2. The third-order valence-corrected chi connectivity index (χ3v) is 4.33. The van der Waals surface area contributed by atoms with E-state index in [9.17, 15) is 0 Å². The van der Waals surface area contributed by atoms with E-state index in [0.29, 0.717) is 11.1 Å². The molecular formula is C15H22ClN3O. The Labute approximate surface area is 125 Å². The molecule has 0 amide bonds. The van der Waals surface area contributed by atoms with Gasteiger partial charge in [-0.1, -0.05) is 42.4 Å². The Morgan fingerprint density at radius 1 is 1.30 bits per heavy atom. The summed E-state index contributed by atoms with van der Waals surface area (Å²) in [5, 5.41) is 12.7. The van der Waals surface area contributed by atoms with Crippen molar-refractivity contribution < 1.29 is 5.21 Å². The van der Waals surface area contributed by atoms with E-state index >= 15 is 0 Å². The van der Waals surface area contributed by atoms with Gasteiger partial charge in [-0.3, -0.25) is 0 Å². The summed E-state index contributed by atoms with van der Waals surface area (Å²) >= 11 is 6.11. The van der Waals surface area contributed by atoms with Crippen molar-refractivity contribution in [1.29, 1.82) is 0 Å². The van der Waals surface area contributed by atoms with Crippen LogP contribution in [0.15, 0.2) is 23.4 Å². The van der Waals surface area contributed by atoms with Gasteiger partial charge in [0.05, 0.1) is 0 Å². The van der Waals surface area contributed by atoms with Crippen LogP contribution in [-0.2, 0) is 0 Å². The lowest BCUT2D eigenvalue weighted by atomic mass is 10.0. The molecule has 5 heteroatoms. The Balaban J connectivity index is 2.31. The fourth-order valence-corrected chi connectivity index (χ4v) is 3.08. The van der Waals surface area contributed by atoms with Gasteiger partial charge in [0.1, 0.15) is 0 Å². The normalized spacial score (nSPS) is 17.8. The number of nitrogens with two attached hydrogens (primary N) is 1. The van der Waals surface area contributed by atoms with Crippen LogP contribution in [0, 0.1) is 0 Å². The van der Waals surface area contributed by atoms with Gasteiger partial charge in [-0.25, -0.2) is 0 Å². The second-order valence-corrected chi connectivity index (χ2v) is 5.84. The zero-order valence-electron chi connectivity index (χ0n) is 11.8. The van der Waals surface area contributed by atoms with E-state index in [-0.39, 0.29) is 5.84 Å². The van der Waals surface area contributed by atoms with E-state index in [1.165, 1.54) is 38.5 Å². The zero-order chi connectivity index (χ0) is 14.5. The molecule has 0 bridgehead atoms. The number of benzene rings is 1. The van der Waals surface area contributed by atoms with Crippen molar-refractivity contribution in [2.75, 3.05) is 11.9 Å². The maximum Gasteiger partial charge on any atom is 0.172 e. The topological polar surface area (TPSA) is 61.8 Å². The molecule has 1 aromatic rings. The number of halogens is 1. The summed E-state index contributed by atoms with van der Waals surface area (Å²) in [6.45, 7) is 0. The third kappa shape index (κ3) is 3.37. The summed E-state index contributed by atoms with van der Waals surface area (Å²) in [5.74, 6) is 0.122. The van der Waals surface area contributed by atoms with Gasteiger partial charge >= 0.3 is 0 Å². The fourth-order valence-electron chi connectivity index (χ4n) is 2.91. The first-order valence-electron chi connectivity index (χ1n) is 7.13. The van der Waals surface area contributed by atoms with Crippen molar-refractivity contribution in [1.82, 2.24) is 0 Å². The summed E-state index contributed by atoms with van der Waals surface area (Å²) < 4.78 is 0. The molecule has 1 fully saturated rings. The highest BCUT2D eigenvalue weighted by atomic mass is 35.5. The fraction of sp³-hybridized carbons (Fsp3) is 0.533. The minimum atomic E-state index is 0.122. The number of oxime groups is 1. The second-order valence-electron chi connectivity index (χ2n) is 5.40. The van der Waals surface area contributed by atoms with Crippen molar-refractivity contribution in [3.05, 3.63) is 28.8 Å². The predicted octanol–water partition coefficient (Wildman–Crippen LogP) is 3.59. The van der Waals surface area contributed by atoms with Gasteiger partial charge in [0, 0.05) is 29.4 Å². The number of hydrogen-bond acceptors (Lipinski definition) is 3. The first-order valence-corrected chi connectivity index (χ1v) is 7.51. The smallest absolute Gasteiger partial charge is 0.172 e. The molecule has 0 aliphatic heterocycles. The molecule has 0 saturated heterocycles. The molecule has 1 saturated carbocycles. The quantitative estimate of drug-likeness (QED) is 0.294. The SMILES string of the molecule is CN(c1cc(Cl)ccc1C(N)=NO)C1CCCCCC1. The van der Waals surface area contributed by atoms with Gasteiger partial charge in [0.25, 0.3) is 0 Å². The summed E-state index contributed by atoms with van der Waals surface area (Å²) in [6, 6.07) is 5.94. The number of anilines is 1. The minimum Gasteiger partial charge on any atom is -0.409 e. The van der Waals surface area contributed by atoms with Crippen LogP contribution in [-0.4, -0.2) is 24.1 Å². The van der Waals surface area contributed by atoms with Crippen LogP contribution in [0.1, 0.15) is 44.1 Å². The maximum atomic E-state index is 8.93. The lowest BCUT2D eigenvalue weighted by Crippen LogP contribution is -2.33. The van der Waals surface area contributed by atoms with Gasteiger partial charge in [0.2, 0.25) is 0 Å². The number of nitrogens with zero attached hydrogens (tertiary/aromatic N) is 2. The molecule has 4 nitrogen and oxygen atoms in total. The Kier molecular flexibility index (Phi) is 5.12. The Bertz CT molecular complexity index is 482. The highest BCUT2D eigenvalue weighted by molar-refractivity contribution is 6.31. The van der Waals surface area contributed by atoms with Crippen LogP contribution >= 0.6 is 11.6 Å². The summed E-state index contributed by atoms with van der Waals surface area (Å²) in [4.78, 5) is 2.23. The molecule has 0 spiro atoms. The molecular weight excluding hydrogens is 274 g/mol. The molecule has 0 atom stereocenters. The van der Waals surface area contributed by atoms with E-state index < -0.39 is 0 Å². The van der Waals surface area contributed by atoms with Crippen molar-refractivity contribution in [3.63, 3.8) is 0 Å². The van der Waals surface area contributed by atoms with E-state index in [1.807, 2.05) is 6.07 Å². The van der Waals surface area contributed by atoms with E-state index in [2.05, 4.69) is 17.1 Å². The van der Waals surface area contributed by atoms with Gasteiger partial charge in [-0.2, -0.15) is 0 Å². The molecule has 110 valence electrons. The highest BCUT2D eigenvalue weighted by Crippen LogP contribution is 2.30. The van der Waals surface area contributed by atoms with E-state index in [0.717, 1.165) is 11.3 Å². The van der Waals surface area contributed by atoms with Crippen molar-refractivity contribution >= 4 is 23.1 Å². The standard InChI is InChI=1S/C15H22ClN3O/c1-19(12-6-4-2-3-5-7-12)14-10-11(16)8-9-13(14)15(17)18-20/h8-10,12,20H,2-7H2,1H3,(H2,17,18). The highest BCUT2D eigenvalue weighted by Gasteiger charge is 2.20. The van der Waals surface area contributed by atoms with Crippen LogP contribution in [0.25, 0.3) is 0 Å². The molecule has 2 rings (SSSR count). The molecule has 1 aliphatic carbocycles. The van der Waals surface area contributed by atoms with Crippen LogP contribution in [0.2, 0.25) is 5.02 Å². The Morgan fingerprint density at radius 2 is 1.95 bits per heavy atom. The first-order chi connectivity index (χ1) is 9.63. The van der Waals surface area contributed by atoms with Gasteiger partial charge in [-0.15, -0.1) is 0 Å². The van der Waals surface area contributed by atoms with Gasteiger partial charge in [0.15, 0.2) is 5.84 Å². The van der Waals surface area contributed by atoms with Crippen molar-refractivity contribution in [2.24, 2.45) is 10.9 Å². The summed E-state index contributed by atoms with van der Waals surface area (Å²) in [5.41, 5.74) is 7.43. The molecule has 1 aromatic carbocycles. The average molecular weight is 296 g/mol. The molecule has 1 aliphatic rings. The molecule has 3 N–H and O–H groups in total. The largest absolute Gasteiger partial charge is 0.409 e. The minimum absolute atomic E-state index is 0.122. The molecule has 0 heterocycles. The van der Waals surface area contributed by atoms with Crippen molar-refractivity contribution in [3.8, 4) is 0 Å². The van der Waals surface area contributed by atoms with Crippen LogP contribution in [0.4, 0.5) is 5.69 Å². The summed E-state index contributed by atoms with van der Waals surface area (Å²) in [6.07, 6.45) is 7.50. The van der Waals surface area contributed by atoms with Crippen molar-refractivity contribution in [2.45, 2.75) is 44.6 Å². The zero-order valence-corrected chi connectivity index (χ0v) is 12.6. The third-order valence-electron chi connectivity index (χ3n) is 4.10. The first kappa shape index (κ1) is 15.0. The van der Waals surface area contributed by atoms with Crippen LogP contribution in [0.3, 0.4) is 0 Å². The lowest BCUT2D eigenvalue weighted by Gasteiger charge is -2.31. The summed E-state index contributed by atoms with van der Waals surface area (Å²) in [7, 11) is 2.07. The molecule has 20 heavy (non-hydrogen) atoms. The van der Waals surface area contributed by atoms with Gasteiger partial charge < -0.3 is 15.8 Å². The van der Waals surface area contributed by atoms with E-state index in [1.54, 1.807) is 12.1 Å². The van der Waals surface area contributed by atoms with Crippen LogP contribution in [0.5, 0.6) is 0 Å². The van der Waals surface area contributed by atoms with Crippen LogP contribution < -0.4 is 10.6 Å². The Hall–Kier alpha value is -1.42. The second kappa shape index (κ2) is 6.84. The predicted molar refractivity (Wildman–Crippen MR) is 83.9 cm³/mol. The number of amidine groups is 1. The molecule has 0 unspecified atom stereocenters. The molecule has 0 radical (unpaired) electrons. The van der Waals surface area contributed by atoms with Gasteiger partial charge in [-0.05, 0) is 31.0 Å². The average Bonchev–Trinajstić information content (AvgIpc) is 2.74. The monoisotopic (exact) mass is 295 g/mol.